The largest absolute Gasteiger partial charge is 0.508 e. The number of aromatic hydroxyl groups is 1. The summed E-state index contributed by atoms with van der Waals surface area (Å²) in [5.74, 6) is 1.46. The van der Waals surface area contributed by atoms with Crippen LogP contribution < -0.4 is 15.0 Å². The Kier molecular flexibility index (Phi) is 6.36. The summed E-state index contributed by atoms with van der Waals surface area (Å²) in [4.78, 5) is 18.6. The Morgan fingerprint density at radius 3 is 2.91 bits per heavy atom. The molecule has 2 aromatic carbocycles. The third kappa shape index (κ3) is 4.19. The average Bonchev–Trinajstić information content (AvgIpc) is 3.49. The number of phenolic OH excluding ortho intramolecular Hbond substituents is 1. The minimum Gasteiger partial charge on any atom is -0.508 e. The van der Waals surface area contributed by atoms with Crippen molar-refractivity contribution < 1.29 is 23.0 Å². The van der Waals surface area contributed by atoms with Crippen molar-refractivity contribution >= 4 is 27.5 Å². The molecular weight excluding hydrogens is 569 g/mol. The predicted octanol–water partition coefficient (Wildman–Crippen LogP) is 4.49. The van der Waals surface area contributed by atoms with Crippen molar-refractivity contribution in [3.63, 3.8) is 0 Å². The van der Waals surface area contributed by atoms with Crippen molar-refractivity contribution in [2.75, 3.05) is 44.2 Å². The molecule has 0 bridgehead atoms. The quantitative estimate of drug-likeness (QED) is 0.332. The van der Waals surface area contributed by atoms with Gasteiger partial charge in [0, 0.05) is 49.6 Å². The first-order chi connectivity index (χ1) is 21.3. The summed E-state index contributed by atoms with van der Waals surface area (Å²) in [5, 5.41) is 15.3. The number of nitrogens with zero attached hydrogens (tertiary/aromatic N) is 5. The van der Waals surface area contributed by atoms with Crippen LogP contribution in [0.2, 0.25) is 0 Å². The van der Waals surface area contributed by atoms with E-state index in [9.17, 15) is 13.9 Å². The Morgan fingerprint density at radius 2 is 2.05 bits per heavy atom. The summed E-state index contributed by atoms with van der Waals surface area (Å²) < 4.78 is 52.5. The number of halogens is 3. The molecule has 4 aliphatic heterocycles. The minimum atomic E-state index is -0.911. The number of aryl methyl sites for hydroxylation is 1. The van der Waals surface area contributed by atoms with Gasteiger partial charge in [-0.15, -0.1) is 6.42 Å². The maximum absolute atomic E-state index is 16.9. The molecule has 0 saturated carbocycles. The Hall–Kier alpha value is -4.14. The lowest BCUT2D eigenvalue weighted by Crippen LogP contribution is -2.51. The number of terminal acetylenes is 1. The van der Waals surface area contributed by atoms with Gasteiger partial charge >= 0.3 is 6.01 Å². The molecule has 4 aliphatic rings. The van der Waals surface area contributed by atoms with Crippen LogP contribution in [0.4, 0.5) is 19.0 Å². The van der Waals surface area contributed by atoms with E-state index in [-0.39, 0.29) is 52.1 Å². The van der Waals surface area contributed by atoms with Crippen molar-refractivity contribution in [3.8, 4) is 35.4 Å². The normalized spacial score (nSPS) is 24.7. The number of alkyl halides is 1. The van der Waals surface area contributed by atoms with Gasteiger partial charge in [0.2, 0.25) is 0 Å². The summed E-state index contributed by atoms with van der Waals surface area (Å²) in [5.41, 5.74) is 0.278. The molecule has 0 aliphatic carbocycles. The molecule has 11 heteroatoms. The van der Waals surface area contributed by atoms with Gasteiger partial charge in [0.1, 0.15) is 41.4 Å². The first kappa shape index (κ1) is 27.4. The average molecular weight is 601 g/mol. The highest BCUT2D eigenvalue weighted by Gasteiger charge is 2.49. The van der Waals surface area contributed by atoms with Gasteiger partial charge in [-0.1, -0.05) is 12.0 Å². The Labute approximate surface area is 252 Å². The number of pyridine rings is 1. The van der Waals surface area contributed by atoms with Gasteiger partial charge in [0.25, 0.3) is 0 Å². The first-order valence-corrected chi connectivity index (χ1v) is 15.2. The zero-order chi connectivity index (χ0) is 30.2. The van der Waals surface area contributed by atoms with Crippen LogP contribution in [0.15, 0.2) is 24.3 Å². The number of hydrogen-bond acceptors (Lipinski definition) is 8. The lowest BCUT2D eigenvalue weighted by Gasteiger charge is -2.36. The minimum absolute atomic E-state index is 0.0216. The zero-order valence-corrected chi connectivity index (χ0v) is 24.0. The molecule has 0 spiro atoms. The van der Waals surface area contributed by atoms with Crippen LogP contribution in [0, 0.1) is 24.0 Å². The molecule has 226 valence electrons. The molecule has 0 radical (unpaired) electrons. The summed E-state index contributed by atoms with van der Waals surface area (Å²) in [6.07, 6.45) is 8.25. The van der Waals surface area contributed by atoms with E-state index >= 15 is 4.39 Å². The fraction of sp³-hybridized carbons (Fsp3) is 0.424. The van der Waals surface area contributed by atoms with Gasteiger partial charge < -0.3 is 20.1 Å². The molecule has 0 unspecified atom stereocenters. The number of ether oxygens (including phenoxy) is 1. The Bertz CT molecular complexity index is 1880. The maximum atomic E-state index is 16.9. The van der Waals surface area contributed by atoms with Crippen LogP contribution in [-0.4, -0.2) is 82.0 Å². The Balaban J connectivity index is 1.33. The second-order valence-electron chi connectivity index (χ2n) is 12.4. The van der Waals surface area contributed by atoms with Crippen molar-refractivity contribution in [3.05, 3.63) is 47.2 Å². The molecule has 3 fully saturated rings. The third-order valence-corrected chi connectivity index (χ3v) is 9.84. The lowest BCUT2D eigenvalue weighted by atomic mass is 9.95. The molecule has 0 amide bonds. The fourth-order valence-electron chi connectivity index (χ4n) is 7.84. The van der Waals surface area contributed by atoms with Crippen molar-refractivity contribution in [1.82, 2.24) is 25.2 Å². The first-order valence-electron chi connectivity index (χ1n) is 15.2. The van der Waals surface area contributed by atoms with Gasteiger partial charge in [-0.3, -0.25) is 4.90 Å². The number of rotatable bonds is 4. The highest BCUT2D eigenvalue weighted by Crippen LogP contribution is 2.43. The van der Waals surface area contributed by atoms with Gasteiger partial charge in [-0.2, -0.15) is 9.97 Å². The summed E-state index contributed by atoms with van der Waals surface area (Å²) in [6, 6.07) is 5.67. The van der Waals surface area contributed by atoms with Crippen LogP contribution >= 0.6 is 0 Å². The lowest BCUT2D eigenvalue weighted by molar-refractivity contribution is 0.107. The number of fused-ring (bicyclic) bond motifs is 4. The second-order valence-corrected chi connectivity index (χ2v) is 12.4. The molecule has 3 atom stereocenters. The number of anilines is 1. The molecule has 8 rings (SSSR count). The molecule has 8 nitrogen and oxygen atoms in total. The van der Waals surface area contributed by atoms with Gasteiger partial charge in [0.15, 0.2) is 5.82 Å². The van der Waals surface area contributed by atoms with Crippen molar-refractivity contribution in [2.24, 2.45) is 0 Å². The van der Waals surface area contributed by atoms with E-state index in [0.29, 0.717) is 48.2 Å². The van der Waals surface area contributed by atoms with E-state index < -0.39 is 23.3 Å². The van der Waals surface area contributed by atoms with Crippen LogP contribution in [0.3, 0.4) is 0 Å². The van der Waals surface area contributed by atoms with E-state index in [2.05, 4.69) is 26.0 Å². The highest BCUT2D eigenvalue weighted by molar-refractivity contribution is 6.03. The molecule has 44 heavy (non-hydrogen) atoms. The number of aromatic nitrogens is 3. The van der Waals surface area contributed by atoms with Gasteiger partial charge in [0.05, 0.1) is 22.2 Å². The summed E-state index contributed by atoms with van der Waals surface area (Å²) in [7, 11) is 0. The number of hydrogen-bond donors (Lipinski definition) is 2. The summed E-state index contributed by atoms with van der Waals surface area (Å²) >= 11 is 0. The fourth-order valence-corrected chi connectivity index (χ4v) is 7.84. The monoisotopic (exact) mass is 600 g/mol. The number of piperazine rings is 1. The molecule has 2 N–H and O–H groups in total. The van der Waals surface area contributed by atoms with E-state index in [0.717, 1.165) is 38.9 Å². The third-order valence-electron chi connectivity index (χ3n) is 9.84. The van der Waals surface area contributed by atoms with Gasteiger partial charge in [-0.05, 0) is 55.8 Å². The standard InChI is InChI=1S/C33H31F3N6O2/c1-2-22-24(35)6-4-18-12-21(43)13-23(26(18)22)29-28(36)30-27-25(38-29)7-5-20-15-37-9-11-42(20)31(27)40-32(39-30)44-17-33-8-3-10-41(33)16-19(34)14-33/h1,4,6,12-13,19-20,37,43H,3,5,7-11,14-17H2/t19-,20-,33+/m1/s1. The number of benzene rings is 2. The van der Waals surface area contributed by atoms with Crippen molar-refractivity contribution in [2.45, 2.75) is 49.9 Å². The molecule has 6 heterocycles. The van der Waals surface area contributed by atoms with Crippen molar-refractivity contribution in [1.29, 1.82) is 0 Å². The van der Waals surface area contributed by atoms with E-state index in [4.69, 9.17) is 21.1 Å². The zero-order valence-electron chi connectivity index (χ0n) is 24.0. The molecular formula is C33H31F3N6O2. The van der Waals surface area contributed by atoms with Crippen LogP contribution in [0.25, 0.3) is 32.9 Å². The Morgan fingerprint density at radius 1 is 1.16 bits per heavy atom. The van der Waals surface area contributed by atoms with E-state index in [1.807, 2.05) is 0 Å². The van der Waals surface area contributed by atoms with Gasteiger partial charge in [-0.25, -0.2) is 18.2 Å². The summed E-state index contributed by atoms with van der Waals surface area (Å²) in [6.45, 7) is 3.57. The topological polar surface area (TPSA) is 86.6 Å². The number of nitrogens with one attached hydrogen (secondary N) is 1. The molecule has 4 aromatic rings. The van der Waals surface area contributed by atoms with Crippen LogP contribution in [0.1, 0.15) is 36.9 Å². The molecule has 3 saturated heterocycles. The van der Waals surface area contributed by atoms with E-state index in [1.165, 1.54) is 24.3 Å². The van der Waals surface area contributed by atoms with E-state index in [1.54, 1.807) is 0 Å². The second kappa shape index (κ2) is 10.2. The van der Waals surface area contributed by atoms with Crippen LogP contribution in [0.5, 0.6) is 11.8 Å². The van der Waals surface area contributed by atoms with Crippen LogP contribution in [-0.2, 0) is 6.42 Å². The predicted molar refractivity (Wildman–Crippen MR) is 161 cm³/mol. The SMILES string of the molecule is C#Cc1c(F)ccc2cc(O)cc(-c3nc4c5c(nc(OC[C@@]67CCCN6C[C@H](F)C7)nc5c3F)N3CCNC[C@H]3CC4)c12. The maximum Gasteiger partial charge on any atom is 0.319 e. The smallest absolute Gasteiger partial charge is 0.319 e. The molecule has 2 aromatic heterocycles. The highest BCUT2D eigenvalue weighted by atomic mass is 19.1. The number of phenols is 1.